The normalized spacial score (nSPS) is 15.7. The molecule has 5 aromatic carbocycles. The number of aryl methyl sites for hydroxylation is 5. The lowest BCUT2D eigenvalue weighted by Crippen LogP contribution is -2.55. The van der Waals surface area contributed by atoms with Gasteiger partial charge in [0.25, 0.3) is 0 Å². The number of nitrogens with zero attached hydrogens (tertiary/aromatic N) is 3. The fourth-order valence-corrected chi connectivity index (χ4v) is 13.3. The van der Waals surface area contributed by atoms with Gasteiger partial charge in [-0.25, -0.2) is 28.1 Å². The number of benzene rings is 5. The Bertz CT molecular complexity index is 3880. The molecule has 1 aliphatic carbocycles. The van der Waals surface area contributed by atoms with Crippen LogP contribution in [0, 0.1) is 65.7 Å². The quantitative estimate of drug-likeness (QED) is 0.0884. The van der Waals surface area contributed by atoms with Crippen molar-refractivity contribution in [3.8, 4) is 11.5 Å². The van der Waals surface area contributed by atoms with Crippen LogP contribution in [0.1, 0.15) is 137 Å². The summed E-state index contributed by atoms with van der Waals surface area (Å²) in [7, 11) is -13.2. The molecule has 0 spiro atoms. The third kappa shape index (κ3) is 12.8. The van der Waals surface area contributed by atoms with Crippen LogP contribution in [0.25, 0.3) is 0 Å². The lowest BCUT2D eigenvalue weighted by molar-refractivity contribution is 0.264. The fourth-order valence-electron chi connectivity index (χ4n) is 10.3. The van der Waals surface area contributed by atoms with Crippen LogP contribution in [0.4, 0.5) is 0 Å². The number of hydrogen-bond acceptors (Lipinski definition) is 12. The Morgan fingerprint density at radius 1 is 0.457 bits per heavy atom. The van der Waals surface area contributed by atoms with Crippen molar-refractivity contribution >= 4 is 30.4 Å². The first-order valence-electron chi connectivity index (χ1n) is 26.9. The van der Waals surface area contributed by atoms with Crippen molar-refractivity contribution < 1.29 is 37.8 Å². The van der Waals surface area contributed by atoms with E-state index in [2.05, 4.69) is 0 Å². The highest BCUT2D eigenvalue weighted by Gasteiger charge is 2.39. The molecule has 1 aliphatic rings. The molecule has 0 N–H and O–H groups in total. The van der Waals surface area contributed by atoms with Crippen molar-refractivity contribution in [2.24, 2.45) is 17.3 Å². The summed E-state index contributed by atoms with van der Waals surface area (Å²) >= 11 is 0. The minimum atomic E-state index is -4.42. The van der Waals surface area contributed by atoms with Crippen molar-refractivity contribution in [3.05, 3.63) is 201 Å². The van der Waals surface area contributed by atoms with E-state index in [4.69, 9.17) is 12.5 Å². The molecule has 6 aromatic rings. The number of aromatic nitrogens is 3. The van der Waals surface area contributed by atoms with Crippen LogP contribution < -0.4 is 25.4 Å². The zero-order valence-electron chi connectivity index (χ0n) is 49.9. The molecule has 2 unspecified atom stereocenters. The molecule has 0 radical (unpaired) electrons. The molecule has 7 rings (SSSR count). The van der Waals surface area contributed by atoms with Gasteiger partial charge in [-0.05, 0) is 147 Å². The monoisotopic (exact) mass is 1160 g/mol. The number of hydrogen-bond donors (Lipinski definition) is 0. The highest BCUT2D eigenvalue weighted by molar-refractivity contribution is 7.87. The molecule has 0 saturated heterocycles. The minimum Gasteiger partial charge on any atom is -0.383 e. The smallest absolute Gasteiger partial charge is 0.339 e. The average Bonchev–Trinajstić information content (AvgIpc) is 3.57. The van der Waals surface area contributed by atoms with Gasteiger partial charge >= 0.3 is 47.4 Å². The summed E-state index contributed by atoms with van der Waals surface area (Å²) < 4.78 is 105. The van der Waals surface area contributed by atoms with E-state index in [0.29, 0.717) is 55.7 Å². The van der Waals surface area contributed by atoms with Gasteiger partial charge < -0.3 is 12.5 Å². The predicted molar refractivity (Wildman–Crippen MR) is 317 cm³/mol. The van der Waals surface area contributed by atoms with Gasteiger partial charge in [-0.3, -0.25) is 0 Å². The first-order chi connectivity index (χ1) is 37.2. The van der Waals surface area contributed by atoms with Crippen molar-refractivity contribution in [2.75, 3.05) is 0 Å². The first-order valence-corrected chi connectivity index (χ1v) is 31.2. The molecular formula is C63H77N3O12S3. The molecule has 0 bridgehead atoms. The van der Waals surface area contributed by atoms with E-state index in [1.807, 2.05) is 96.1 Å². The van der Waals surface area contributed by atoms with Crippen LogP contribution in [0.2, 0.25) is 0 Å². The molecule has 1 aromatic heterocycles. The summed E-state index contributed by atoms with van der Waals surface area (Å²) in [5.41, 5.74) is 2.68. The third-order valence-electron chi connectivity index (χ3n) is 15.3. The van der Waals surface area contributed by atoms with Gasteiger partial charge in [0, 0.05) is 29.5 Å². The summed E-state index contributed by atoms with van der Waals surface area (Å²) in [6, 6.07) is 22.3. The van der Waals surface area contributed by atoms with Crippen LogP contribution in [0.3, 0.4) is 0 Å². The molecule has 1 heterocycles. The summed E-state index contributed by atoms with van der Waals surface area (Å²) in [4.78, 5) is 46.1. The van der Waals surface area contributed by atoms with E-state index in [1.165, 1.54) is 36.4 Å². The second kappa shape index (κ2) is 22.2. The van der Waals surface area contributed by atoms with E-state index >= 15 is 14.4 Å². The predicted octanol–water partition coefficient (Wildman–Crippen LogP) is 11.5. The van der Waals surface area contributed by atoms with Gasteiger partial charge in [0.15, 0.2) is 0 Å². The number of rotatable bonds is 15. The topological polar surface area (TPSA) is 196 Å². The van der Waals surface area contributed by atoms with Gasteiger partial charge in [-0.15, -0.1) is 0 Å². The molecule has 0 amide bonds. The van der Waals surface area contributed by atoms with Gasteiger partial charge in [0.1, 0.15) is 31.9 Å². The molecule has 0 aliphatic heterocycles. The Morgan fingerprint density at radius 2 is 0.778 bits per heavy atom. The van der Waals surface area contributed by atoms with Crippen molar-refractivity contribution in [1.29, 1.82) is 0 Å². The maximum absolute atomic E-state index is 15.4. The summed E-state index contributed by atoms with van der Waals surface area (Å²) in [5.74, 6) is -1.31. The zero-order chi connectivity index (χ0) is 60.4. The lowest BCUT2D eigenvalue weighted by atomic mass is 9.73. The molecule has 81 heavy (non-hydrogen) atoms. The van der Waals surface area contributed by atoms with Gasteiger partial charge in [0.2, 0.25) is 0 Å². The SMILES string of the molecule is CC1=CC(C(C)(C)C)=C(OS(=O)(=O)c2ccc(C)cc2)C(C)C1Cn1c(=O)n(Cc2c(C)cc(C(C)(C)C)c(OS(=O)(=O)c3ccc(C)cc3)c2C)c(=O)n(Cc2c(C)cc(C(C)(C)C)c(OS(=O)(=O)c3ccc(C)cc3)c2C)c1=O. The van der Waals surface area contributed by atoms with E-state index in [0.717, 1.165) is 30.4 Å². The highest BCUT2D eigenvalue weighted by Crippen LogP contribution is 2.45. The second-order valence-corrected chi connectivity index (χ2v) is 29.5. The van der Waals surface area contributed by atoms with Crippen LogP contribution in [0.5, 0.6) is 11.5 Å². The summed E-state index contributed by atoms with van der Waals surface area (Å²) in [5, 5.41) is 0. The highest BCUT2D eigenvalue weighted by atomic mass is 32.2. The second-order valence-electron chi connectivity index (χ2n) is 24.8. The Balaban J connectivity index is 1.46. The maximum Gasteiger partial charge on any atom is 0.339 e. The van der Waals surface area contributed by atoms with Gasteiger partial charge in [-0.1, -0.05) is 146 Å². The van der Waals surface area contributed by atoms with Crippen LogP contribution >= 0.6 is 0 Å². The van der Waals surface area contributed by atoms with Crippen molar-refractivity contribution in [2.45, 2.75) is 170 Å². The number of allylic oxidation sites excluding steroid dienone is 4. The van der Waals surface area contributed by atoms with E-state index < -0.39 is 88.6 Å². The Labute approximate surface area is 478 Å². The average molecular weight is 1160 g/mol. The first kappa shape index (κ1) is 61.9. The van der Waals surface area contributed by atoms with Crippen molar-refractivity contribution in [3.63, 3.8) is 0 Å². The largest absolute Gasteiger partial charge is 0.383 e. The molecule has 18 heteroatoms. The van der Waals surface area contributed by atoms with E-state index in [-0.39, 0.29) is 38.5 Å². The Morgan fingerprint density at radius 3 is 1.10 bits per heavy atom. The molecule has 0 fully saturated rings. The van der Waals surface area contributed by atoms with Gasteiger partial charge in [0.05, 0.1) is 13.1 Å². The molecule has 15 nitrogen and oxygen atoms in total. The van der Waals surface area contributed by atoms with E-state index in [1.54, 1.807) is 83.1 Å². The molecule has 434 valence electrons. The third-order valence-corrected chi connectivity index (χ3v) is 19.0. The zero-order valence-corrected chi connectivity index (χ0v) is 52.4. The van der Waals surface area contributed by atoms with E-state index in [9.17, 15) is 25.3 Å². The molecule has 0 saturated carbocycles. The molecule has 2 atom stereocenters. The van der Waals surface area contributed by atoms with Crippen molar-refractivity contribution in [1.82, 2.24) is 13.7 Å². The van der Waals surface area contributed by atoms with Crippen LogP contribution in [-0.4, -0.2) is 39.0 Å². The Hall–Kier alpha value is -6.76. The van der Waals surface area contributed by atoms with Gasteiger partial charge in [-0.2, -0.15) is 25.3 Å². The van der Waals surface area contributed by atoms with Crippen LogP contribution in [0.15, 0.2) is 137 Å². The van der Waals surface area contributed by atoms with Crippen LogP contribution in [-0.2, 0) is 65.0 Å². The fraction of sp³-hybridized carbons (Fsp3) is 0.413. The minimum absolute atomic E-state index is 0.0232. The summed E-state index contributed by atoms with van der Waals surface area (Å²) in [6.07, 6.45) is 1.83. The maximum atomic E-state index is 15.4. The Kier molecular flexibility index (Phi) is 16.9. The lowest BCUT2D eigenvalue weighted by Gasteiger charge is -2.36. The summed E-state index contributed by atoms with van der Waals surface area (Å²) in [6.45, 7) is 32.0. The molecular weight excluding hydrogens is 1090 g/mol. The standard InChI is InChI=1S/C63H77N3O12S3/c1-37-19-25-46(26-20-37)79(70,71)76-55-43(7)49(40(4)31-52(55)61(10,11)12)34-64-58(67)65(35-50-41(5)32-53(62(13,14)15)56(44(50)8)77-80(72,73)47-27-21-38(2)22-28-47)60(69)66(59(64)68)36-51-42(6)33-54(63(16,17)18)57(45(51)9)78-81(74,75)48-29-23-39(3)24-30-48/h19-33,43,49H,34-36H2,1-18H3.